The van der Waals surface area contributed by atoms with Gasteiger partial charge in [0.2, 0.25) is 0 Å². The van der Waals surface area contributed by atoms with Crippen molar-refractivity contribution in [2.75, 3.05) is 18.1 Å². The number of nitrogens with zero attached hydrogens (tertiary/aromatic N) is 2. The van der Waals surface area contributed by atoms with Gasteiger partial charge in [-0.15, -0.1) is 0 Å². The summed E-state index contributed by atoms with van der Waals surface area (Å²) in [7, 11) is 0. The second kappa shape index (κ2) is 5.16. The Morgan fingerprint density at radius 1 is 1.60 bits per heavy atom. The highest BCUT2D eigenvalue weighted by Gasteiger charge is 2.15. The van der Waals surface area contributed by atoms with E-state index in [-0.39, 0.29) is 5.91 Å². The van der Waals surface area contributed by atoms with Crippen LogP contribution in [0.4, 0.5) is 0 Å². The molecule has 0 bridgehead atoms. The van der Waals surface area contributed by atoms with Gasteiger partial charge in [0.25, 0.3) is 5.91 Å². The number of hydrogen-bond donors (Lipinski definition) is 2. The molecular formula is C9H14N4OS. The highest BCUT2D eigenvalue weighted by molar-refractivity contribution is 7.99. The van der Waals surface area contributed by atoms with Crippen molar-refractivity contribution in [1.82, 2.24) is 20.7 Å². The number of rotatable bonds is 3. The minimum Gasteiger partial charge on any atom is -0.350 e. The van der Waals surface area contributed by atoms with Crippen LogP contribution < -0.4 is 5.32 Å². The summed E-state index contributed by atoms with van der Waals surface area (Å²) in [6, 6.07) is 0. The molecule has 0 saturated carbocycles. The van der Waals surface area contributed by atoms with Crippen LogP contribution in [-0.4, -0.2) is 39.4 Å². The minimum absolute atomic E-state index is 0.137. The largest absolute Gasteiger partial charge is 0.350 e. The van der Waals surface area contributed by atoms with E-state index in [9.17, 15) is 4.79 Å². The smallest absolute Gasteiger partial charge is 0.273 e. The van der Waals surface area contributed by atoms with Crippen molar-refractivity contribution in [3.05, 3.63) is 11.9 Å². The molecule has 2 heterocycles. The zero-order chi connectivity index (χ0) is 10.5. The number of hydrogen-bond acceptors (Lipinski definition) is 4. The van der Waals surface area contributed by atoms with E-state index < -0.39 is 0 Å². The van der Waals surface area contributed by atoms with Crippen LogP contribution in [-0.2, 0) is 0 Å². The molecule has 1 aromatic heterocycles. The molecule has 82 valence electrons. The molecule has 0 aromatic carbocycles. The first-order valence-corrected chi connectivity index (χ1v) is 6.23. The maximum absolute atomic E-state index is 11.5. The van der Waals surface area contributed by atoms with Gasteiger partial charge in [-0.25, -0.2) is 0 Å². The van der Waals surface area contributed by atoms with Crippen molar-refractivity contribution in [1.29, 1.82) is 0 Å². The number of thioether (sulfide) groups is 1. The van der Waals surface area contributed by atoms with Gasteiger partial charge < -0.3 is 5.32 Å². The van der Waals surface area contributed by atoms with Crippen molar-refractivity contribution in [2.24, 2.45) is 5.92 Å². The number of nitrogens with one attached hydrogen (secondary N) is 2. The molecule has 1 saturated heterocycles. The molecular weight excluding hydrogens is 212 g/mol. The summed E-state index contributed by atoms with van der Waals surface area (Å²) in [5.74, 6) is 2.92. The number of carbonyl (C=O) groups excluding carboxylic acids is 1. The Morgan fingerprint density at radius 3 is 3.07 bits per heavy atom. The molecule has 1 aliphatic heterocycles. The average molecular weight is 226 g/mol. The lowest BCUT2D eigenvalue weighted by atomic mass is 10.0. The summed E-state index contributed by atoms with van der Waals surface area (Å²) in [6.45, 7) is 0.756. The lowest BCUT2D eigenvalue weighted by Crippen LogP contribution is -2.31. The average Bonchev–Trinajstić information content (AvgIpc) is 2.81. The predicted octanol–water partition coefficient (Wildman–Crippen LogP) is 0.678. The molecule has 0 unspecified atom stereocenters. The van der Waals surface area contributed by atoms with Crippen molar-refractivity contribution in [3.8, 4) is 0 Å². The summed E-state index contributed by atoms with van der Waals surface area (Å²) >= 11 is 1.99. The first-order valence-electron chi connectivity index (χ1n) is 5.08. The molecule has 15 heavy (non-hydrogen) atoms. The fraction of sp³-hybridized carbons (Fsp3) is 0.667. The maximum atomic E-state index is 11.5. The SMILES string of the molecule is O=C(NCC1CCSCC1)c1cn[nH]n1. The Balaban J connectivity index is 1.75. The summed E-state index contributed by atoms with van der Waals surface area (Å²) < 4.78 is 0. The predicted molar refractivity (Wildman–Crippen MR) is 58.8 cm³/mol. The Bertz CT molecular complexity index is 308. The third-order valence-electron chi connectivity index (χ3n) is 2.54. The number of aromatic nitrogens is 3. The third-order valence-corrected chi connectivity index (χ3v) is 3.59. The lowest BCUT2D eigenvalue weighted by Gasteiger charge is -2.21. The van der Waals surface area contributed by atoms with Crippen LogP contribution in [0.25, 0.3) is 0 Å². The molecule has 1 amide bonds. The van der Waals surface area contributed by atoms with Gasteiger partial charge in [-0.1, -0.05) is 0 Å². The summed E-state index contributed by atoms with van der Waals surface area (Å²) in [4.78, 5) is 11.5. The Morgan fingerprint density at radius 2 is 2.40 bits per heavy atom. The molecule has 0 aliphatic carbocycles. The number of amides is 1. The Hall–Kier alpha value is -1.04. The van der Waals surface area contributed by atoms with Gasteiger partial charge in [-0.05, 0) is 30.3 Å². The second-order valence-electron chi connectivity index (χ2n) is 3.62. The van der Waals surface area contributed by atoms with E-state index in [0.717, 1.165) is 6.54 Å². The van der Waals surface area contributed by atoms with Gasteiger partial charge in [0, 0.05) is 6.54 Å². The first kappa shape index (κ1) is 10.5. The number of H-pyrrole nitrogens is 1. The van der Waals surface area contributed by atoms with E-state index in [1.807, 2.05) is 11.8 Å². The molecule has 2 N–H and O–H groups in total. The summed E-state index contributed by atoms with van der Waals surface area (Å²) in [5, 5.41) is 12.6. The van der Waals surface area contributed by atoms with Crippen molar-refractivity contribution >= 4 is 17.7 Å². The van der Waals surface area contributed by atoms with Crippen LogP contribution in [0.15, 0.2) is 6.20 Å². The second-order valence-corrected chi connectivity index (χ2v) is 4.85. The van der Waals surface area contributed by atoms with Gasteiger partial charge in [0.05, 0.1) is 6.20 Å². The van der Waals surface area contributed by atoms with Crippen LogP contribution in [0.2, 0.25) is 0 Å². The zero-order valence-electron chi connectivity index (χ0n) is 8.40. The van der Waals surface area contributed by atoms with E-state index >= 15 is 0 Å². The highest BCUT2D eigenvalue weighted by atomic mass is 32.2. The van der Waals surface area contributed by atoms with Crippen LogP contribution in [0.3, 0.4) is 0 Å². The van der Waals surface area contributed by atoms with E-state index in [1.165, 1.54) is 30.5 Å². The number of aromatic amines is 1. The normalized spacial score (nSPS) is 17.6. The molecule has 1 aliphatic rings. The van der Waals surface area contributed by atoms with Crippen LogP contribution in [0.1, 0.15) is 23.3 Å². The lowest BCUT2D eigenvalue weighted by molar-refractivity contribution is 0.0941. The first-order chi connectivity index (χ1) is 7.36. The highest BCUT2D eigenvalue weighted by Crippen LogP contribution is 2.21. The van der Waals surface area contributed by atoms with Crippen molar-refractivity contribution < 1.29 is 4.79 Å². The van der Waals surface area contributed by atoms with Gasteiger partial charge in [0.15, 0.2) is 5.69 Å². The Kier molecular flexibility index (Phi) is 3.60. The van der Waals surface area contributed by atoms with Crippen LogP contribution in [0, 0.1) is 5.92 Å². The van der Waals surface area contributed by atoms with Crippen molar-refractivity contribution in [2.45, 2.75) is 12.8 Å². The molecule has 1 aromatic rings. The molecule has 0 radical (unpaired) electrons. The molecule has 6 heteroatoms. The standard InChI is InChI=1S/C9H14N4OS/c14-9(8-6-11-13-12-8)10-5-7-1-3-15-4-2-7/h6-7H,1-5H2,(H,10,14)(H,11,12,13). The maximum Gasteiger partial charge on any atom is 0.273 e. The van der Waals surface area contributed by atoms with E-state index in [0.29, 0.717) is 11.6 Å². The van der Waals surface area contributed by atoms with E-state index in [4.69, 9.17) is 0 Å². The number of carbonyl (C=O) groups is 1. The monoisotopic (exact) mass is 226 g/mol. The van der Waals surface area contributed by atoms with Gasteiger partial charge in [-0.2, -0.15) is 27.2 Å². The van der Waals surface area contributed by atoms with Crippen LogP contribution >= 0.6 is 11.8 Å². The fourth-order valence-corrected chi connectivity index (χ4v) is 2.79. The van der Waals surface area contributed by atoms with Crippen LogP contribution in [0.5, 0.6) is 0 Å². The van der Waals surface area contributed by atoms with E-state index in [1.54, 1.807) is 0 Å². The minimum atomic E-state index is -0.137. The molecule has 0 spiro atoms. The van der Waals surface area contributed by atoms with E-state index in [2.05, 4.69) is 20.7 Å². The van der Waals surface area contributed by atoms with Gasteiger partial charge >= 0.3 is 0 Å². The Labute approximate surface area is 92.4 Å². The summed E-state index contributed by atoms with van der Waals surface area (Å²) in [6.07, 6.45) is 3.83. The summed E-state index contributed by atoms with van der Waals surface area (Å²) in [5.41, 5.74) is 0.361. The topological polar surface area (TPSA) is 70.7 Å². The molecule has 2 rings (SSSR count). The quantitative estimate of drug-likeness (QED) is 0.795. The molecule has 5 nitrogen and oxygen atoms in total. The fourth-order valence-electron chi connectivity index (χ4n) is 1.59. The zero-order valence-corrected chi connectivity index (χ0v) is 9.22. The molecule has 1 fully saturated rings. The van der Waals surface area contributed by atoms with Gasteiger partial charge in [0.1, 0.15) is 0 Å². The van der Waals surface area contributed by atoms with Crippen molar-refractivity contribution in [3.63, 3.8) is 0 Å². The molecule has 0 atom stereocenters. The van der Waals surface area contributed by atoms with Gasteiger partial charge in [-0.3, -0.25) is 4.79 Å². The third kappa shape index (κ3) is 2.95.